The van der Waals surface area contributed by atoms with Crippen molar-refractivity contribution in [3.8, 4) is 0 Å². The summed E-state index contributed by atoms with van der Waals surface area (Å²) in [4.78, 5) is 38.8. The van der Waals surface area contributed by atoms with E-state index in [0.29, 0.717) is 23.0 Å². The normalized spacial score (nSPS) is 16.1. The van der Waals surface area contributed by atoms with Gasteiger partial charge in [0.25, 0.3) is 5.69 Å². The fraction of sp³-hybridized carbons (Fsp3) is 0.333. The molecule has 130 valence electrons. The van der Waals surface area contributed by atoms with Crippen LogP contribution in [-0.2, 0) is 16.1 Å². The van der Waals surface area contributed by atoms with E-state index in [4.69, 9.17) is 0 Å². The average molecular weight is 344 g/mol. The molecule has 0 radical (unpaired) electrons. The Hall–Kier alpha value is -3.30. The Labute approximate surface area is 142 Å². The highest BCUT2D eigenvalue weighted by molar-refractivity contribution is 5.98. The molecule has 0 aliphatic carbocycles. The molecule has 2 amide bonds. The topological polar surface area (TPSA) is 132 Å². The molecule has 1 aliphatic heterocycles. The first-order chi connectivity index (χ1) is 11.8. The number of aromatic nitrogens is 3. The van der Waals surface area contributed by atoms with Crippen LogP contribution in [-0.4, -0.2) is 31.5 Å². The molecule has 10 heteroatoms. The predicted molar refractivity (Wildman–Crippen MR) is 88.0 cm³/mol. The summed E-state index contributed by atoms with van der Waals surface area (Å²) in [6.45, 7) is 3.58. The second-order valence-corrected chi connectivity index (χ2v) is 5.86. The molecule has 3 rings (SSSR count). The van der Waals surface area contributed by atoms with E-state index >= 15 is 0 Å². The lowest BCUT2D eigenvalue weighted by Gasteiger charge is -2.21. The monoisotopic (exact) mass is 344 g/mol. The van der Waals surface area contributed by atoms with E-state index in [0.717, 1.165) is 0 Å². The van der Waals surface area contributed by atoms with Crippen LogP contribution >= 0.6 is 0 Å². The lowest BCUT2D eigenvalue weighted by Crippen LogP contribution is -2.36. The number of benzene rings is 1. The molecule has 1 aromatic carbocycles. The van der Waals surface area contributed by atoms with Crippen molar-refractivity contribution in [1.82, 2.24) is 14.8 Å². The van der Waals surface area contributed by atoms with Crippen LogP contribution in [0, 0.1) is 29.9 Å². The zero-order valence-corrected chi connectivity index (χ0v) is 13.6. The quantitative estimate of drug-likeness (QED) is 0.636. The van der Waals surface area contributed by atoms with E-state index < -0.39 is 16.7 Å². The largest absolute Gasteiger partial charge is 0.326 e. The van der Waals surface area contributed by atoms with Gasteiger partial charge in [-0.15, -0.1) is 0 Å². The third-order valence-corrected chi connectivity index (χ3v) is 3.90. The summed E-state index contributed by atoms with van der Waals surface area (Å²) < 4.78 is 1.55. The Balaban J connectivity index is 1.68. The summed E-state index contributed by atoms with van der Waals surface area (Å²) in [6.07, 6.45) is -0.0636. The van der Waals surface area contributed by atoms with Gasteiger partial charge in [-0.3, -0.25) is 25.0 Å². The maximum absolute atomic E-state index is 12.2. The van der Waals surface area contributed by atoms with E-state index in [1.807, 2.05) is 0 Å². The van der Waals surface area contributed by atoms with Crippen LogP contribution in [0.4, 0.5) is 17.3 Å². The minimum Gasteiger partial charge on any atom is -0.326 e. The number of hydrogen-bond acceptors (Lipinski definition) is 6. The molecule has 2 heterocycles. The maximum Gasteiger partial charge on any atom is 0.274 e. The van der Waals surface area contributed by atoms with Gasteiger partial charge >= 0.3 is 0 Å². The second kappa shape index (κ2) is 6.30. The SMILES string of the molecule is Cc1nc2n(n1)C[C@H](CC(=O)Nc1ccc(C)c([N+](=O)[O-])c1)C(=O)N2. The van der Waals surface area contributed by atoms with Crippen molar-refractivity contribution in [3.05, 3.63) is 39.7 Å². The van der Waals surface area contributed by atoms with Crippen LogP contribution in [0.2, 0.25) is 0 Å². The molecule has 0 bridgehead atoms. The number of hydrogen-bond donors (Lipinski definition) is 2. The third-order valence-electron chi connectivity index (χ3n) is 3.90. The number of aryl methyl sites for hydroxylation is 2. The van der Waals surface area contributed by atoms with E-state index in [9.17, 15) is 19.7 Å². The van der Waals surface area contributed by atoms with Gasteiger partial charge in [-0.05, 0) is 19.9 Å². The molecular formula is C15H16N6O4. The van der Waals surface area contributed by atoms with Crippen LogP contribution in [0.25, 0.3) is 0 Å². The predicted octanol–water partition coefficient (Wildman–Crippen LogP) is 1.40. The molecule has 0 saturated heterocycles. The molecule has 0 spiro atoms. The van der Waals surface area contributed by atoms with Gasteiger partial charge in [0.05, 0.1) is 17.4 Å². The van der Waals surface area contributed by atoms with Crippen molar-refractivity contribution in [1.29, 1.82) is 0 Å². The number of nitro benzene ring substituents is 1. The highest BCUT2D eigenvalue weighted by atomic mass is 16.6. The standard InChI is InChI=1S/C15H16N6O4/c1-8-3-4-11(6-12(8)21(24)25)17-13(22)5-10-7-20-15(18-14(10)23)16-9(2)19-20/h3-4,6,10H,5,7H2,1-2H3,(H,17,22)(H,16,18,19,23)/t10-/m0/s1. The molecule has 1 aliphatic rings. The second-order valence-electron chi connectivity index (χ2n) is 5.86. The highest BCUT2D eigenvalue weighted by Crippen LogP contribution is 2.23. The van der Waals surface area contributed by atoms with Crippen LogP contribution < -0.4 is 10.6 Å². The molecule has 0 saturated carbocycles. The van der Waals surface area contributed by atoms with Crippen LogP contribution in [0.1, 0.15) is 17.8 Å². The summed E-state index contributed by atoms with van der Waals surface area (Å²) >= 11 is 0. The van der Waals surface area contributed by atoms with Crippen molar-refractivity contribution in [2.24, 2.45) is 5.92 Å². The Bertz CT molecular complexity index is 875. The molecule has 2 aromatic rings. The molecule has 2 N–H and O–H groups in total. The first-order valence-electron chi connectivity index (χ1n) is 7.60. The van der Waals surface area contributed by atoms with Gasteiger partial charge in [0.1, 0.15) is 5.82 Å². The number of nitro groups is 1. The Kier molecular flexibility index (Phi) is 4.17. The molecule has 10 nitrogen and oxygen atoms in total. The van der Waals surface area contributed by atoms with Crippen molar-refractivity contribution < 1.29 is 14.5 Å². The van der Waals surface area contributed by atoms with E-state index in [1.165, 1.54) is 6.07 Å². The van der Waals surface area contributed by atoms with Gasteiger partial charge < -0.3 is 5.32 Å². The van der Waals surface area contributed by atoms with Gasteiger partial charge in [0.2, 0.25) is 17.8 Å². The first kappa shape index (κ1) is 16.6. The number of nitrogens with one attached hydrogen (secondary N) is 2. The van der Waals surface area contributed by atoms with Crippen molar-refractivity contribution in [2.45, 2.75) is 26.8 Å². The number of nitrogens with zero attached hydrogens (tertiary/aromatic N) is 4. The molecule has 1 aromatic heterocycles. The molecular weight excluding hydrogens is 328 g/mol. The fourth-order valence-corrected chi connectivity index (χ4v) is 2.66. The van der Waals surface area contributed by atoms with Gasteiger partial charge in [-0.1, -0.05) is 6.07 Å². The molecule has 1 atom stereocenters. The van der Waals surface area contributed by atoms with Gasteiger partial charge in [-0.25, -0.2) is 4.68 Å². The fourth-order valence-electron chi connectivity index (χ4n) is 2.66. The van der Waals surface area contributed by atoms with Crippen LogP contribution in [0.3, 0.4) is 0 Å². The van der Waals surface area contributed by atoms with Crippen molar-refractivity contribution >= 4 is 29.1 Å². The minimum atomic E-state index is -0.589. The Morgan fingerprint density at radius 3 is 2.96 bits per heavy atom. The zero-order valence-electron chi connectivity index (χ0n) is 13.6. The number of fused-ring (bicyclic) bond motifs is 1. The first-order valence-corrected chi connectivity index (χ1v) is 7.60. The summed E-state index contributed by atoms with van der Waals surface area (Å²) in [5, 5.41) is 20.3. The molecule has 0 unspecified atom stereocenters. The summed E-state index contributed by atoms with van der Waals surface area (Å²) in [7, 11) is 0. The van der Waals surface area contributed by atoms with Crippen molar-refractivity contribution in [3.63, 3.8) is 0 Å². The third kappa shape index (κ3) is 3.47. The number of rotatable bonds is 4. The minimum absolute atomic E-state index is 0.0636. The highest BCUT2D eigenvalue weighted by Gasteiger charge is 2.30. The van der Waals surface area contributed by atoms with Gasteiger partial charge in [-0.2, -0.15) is 10.1 Å². The number of carbonyl (C=O) groups is 2. The smallest absolute Gasteiger partial charge is 0.274 e. The van der Waals surface area contributed by atoms with E-state index in [-0.39, 0.29) is 24.6 Å². The lowest BCUT2D eigenvalue weighted by atomic mass is 10.0. The Morgan fingerprint density at radius 2 is 2.24 bits per heavy atom. The van der Waals surface area contributed by atoms with Crippen LogP contribution in [0.15, 0.2) is 18.2 Å². The van der Waals surface area contributed by atoms with Crippen LogP contribution in [0.5, 0.6) is 0 Å². The summed E-state index contributed by atoms with van der Waals surface area (Å²) in [5.74, 6) is -0.391. The number of carbonyl (C=O) groups excluding carboxylic acids is 2. The lowest BCUT2D eigenvalue weighted by molar-refractivity contribution is -0.385. The van der Waals surface area contributed by atoms with Crippen molar-refractivity contribution in [2.75, 3.05) is 10.6 Å². The van der Waals surface area contributed by atoms with Gasteiger partial charge in [0, 0.05) is 23.7 Å². The number of anilines is 2. The summed E-state index contributed by atoms with van der Waals surface area (Å²) in [6, 6.07) is 4.44. The van der Waals surface area contributed by atoms with E-state index in [1.54, 1.807) is 30.7 Å². The summed E-state index contributed by atoms with van der Waals surface area (Å²) in [5.41, 5.74) is 0.746. The van der Waals surface area contributed by atoms with E-state index in [2.05, 4.69) is 20.7 Å². The molecule has 0 fully saturated rings. The maximum atomic E-state index is 12.2. The zero-order chi connectivity index (χ0) is 18.1. The number of amides is 2. The average Bonchev–Trinajstić information content (AvgIpc) is 2.88. The Morgan fingerprint density at radius 1 is 1.48 bits per heavy atom. The van der Waals surface area contributed by atoms with Gasteiger partial charge in [0.15, 0.2) is 0 Å². The molecule has 25 heavy (non-hydrogen) atoms.